The van der Waals surface area contributed by atoms with Crippen LogP contribution in [0.3, 0.4) is 0 Å². The van der Waals surface area contributed by atoms with Gasteiger partial charge in [0.2, 0.25) is 5.75 Å². The van der Waals surface area contributed by atoms with Crippen LogP contribution in [0.25, 0.3) is 0 Å². The monoisotopic (exact) mass is 441 g/mol. The first kappa shape index (κ1) is 21.2. The van der Waals surface area contributed by atoms with Crippen molar-refractivity contribution in [1.82, 2.24) is 9.34 Å². The van der Waals surface area contributed by atoms with Gasteiger partial charge >= 0.3 is 13.4 Å². The third-order valence-corrected chi connectivity index (χ3v) is 7.72. The Hall–Kier alpha value is -3.09. The van der Waals surface area contributed by atoms with E-state index in [0.717, 1.165) is 26.2 Å². The van der Waals surface area contributed by atoms with Crippen LogP contribution in [0, 0.1) is 21.4 Å². The Kier molecular flexibility index (Phi) is 5.85. The van der Waals surface area contributed by atoms with Gasteiger partial charge in [-0.2, -0.15) is 5.26 Å². The molecule has 2 saturated heterocycles. The van der Waals surface area contributed by atoms with Crippen molar-refractivity contribution in [2.24, 2.45) is 5.16 Å². The van der Waals surface area contributed by atoms with E-state index in [1.54, 1.807) is 46.6 Å². The smallest absolute Gasteiger partial charge is 0.346 e. The molecule has 160 valence electrons. The minimum absolute atomic E-state index is 0.0165. The lowest BCUT2D eigenvalue weighted by Gasteiger charge is -2.24. The van der Waals surface area contributed by atoms with Crippen LogP contribution in [0.5, 0.6) is 5.75 Å². The number of rotatable bonds is 9. The van der Waals surface area contributed by atoms with Gasteiger partial charge in [-0.05, 0) is 24.6 Å². The summed E-state index contributed by atoms with van der Waals surface area (Å²) in [6, 6.07) is 14.8. The molecule has 0 N–H and O–H groups in total. The second-order valence-electron chi connectivity index (χ2n) is 7.14. The molecule has 4 rings (SSSR count). The average molecular weight is 441 g/mol. The molecular weight excluding hydrogens is 421 g/mol. The largest absolute Gasteiger partial charge is 0.348 e. The van der Waals surface area contributed by atoms with Gasteiger partial charge in [-0.25, -0.2) is 9.34 Å². The average Bonchev–Trinajstić information content (AvgIpc) is 3.66. The van der Waals surface area contributed by atoms with Crippen molar-refractivity contribution >= 4 is 19.1 Å². The highest BCUT2D eigenvalue weighted by molar-refractivity contribution is 7.54. The third kappa shape index (κ3) is 4.65. The highest BCUT2D eigenvalue weighted by Gasteiger charge is 2.50. The van der Waals surface area contributed by atoms with Gasteiger partial charge in [0.05, 0.1) is 11.0 Å². The topological polar surface area (TPSA) is 121 Å². The summed E-state index contributed by atoms with van der Waals surface area (Å²) in [7, 11) is -3.06. The van der Waals surface area contributed by atoms with Gasteiger partial charge in [-0.15, -0.1) is 0 Å². The molecule has 0 spiro atoms. The Bertz CT molecular complexity index is 1090. The van der Waals surface area contributed by atoms with Gasteiger partial charge in [0.15, 0.2) is 5.71 Å². The fraction of sp³-hybridized carbons (Fsp3) is 0.300. The zero-order chi connectivity index (χ0) is 22.0. The molecule has 0 radical (unpaired) electrons. The summed E-state index contributed by atoms with van der Waals surface area (Å²) in [6.45, 7) is 4.62. The Labute approximate surface area is 179 Å². The predicted octanol–water partition coefficient (Wildman–Crippen LogP) is 3.72. The maximum atomic E-state index is 13.2. The molecule has 2 aromatic rings. The maximum Gasteiger partial charge on any atom is 0.346 e. The van der Waals surface area contributed by atoms with Crippen LogP contribution in [0.2, 0.25) is 0 Å². The van der Waals surface area contributed by atoms with Crippen LogP contribution in [0.4, 0.5) is 5.69 Å². The minimum atomic E-state index is -3.06. The van der Waals surface area contributed by atoms with Crippen molar-refractivity contribution in [3.8, 4) is 11.8 Å². The first-order valence-electron chi connectivity index (χ1n) is 9.70. The first-order valence-corrected chi connectivity index (χ1v) is 11.2. The van der Waals surface area contributed by atoms with Crippen LogP contribution in [0.15, 0.2) is 53.7 Å². The normalized spacial score (nSPS) is 17.6. The van der Waals surface area contributed by atoms with E-state index in [-0.39, 0.29) is 17.1 Å². The van der Waals surface area contributed by atoms with Gasteiger partial charge in [-0.1, -0.05) is 35.5 Å². The molecule has 2 aliphatic rings. The molecule has 1 unspecified atom stereocenters. The zero-order valence-electron chi connectivity index (χ0n) is 16.7. The molecule has 2 heterocycles. The van der Waals surface area contributed by atoms with Crippen molar-refractivity contribution in [2.45, 2.75) is 13.0 Å². The number of hydrogen-bond acceptors (Lipinski definition) is 7. The Balaban J connectivity index is 1.59. The number of hydrogen-bond donors (Lipinski definition) is 0. The molecule has 31 heavy (non-hydrogen) atoms. The molecule has 0 saturated carbocycles. The van der Waals surface area contributed by atoms with Crippen LogP contribution >= 0.6 is 7.67 Å². The van der Waals surface area contributed by atoms with Gasteiger partial charge < -0.3 is 4.84 Å². The van der Waals surface area contributed by atoms with Crippen molar-refractivity contribution < 1.29 is 18.8 Å². The molecule has 2 fully saturated rings. The lowest BCUT2D eigenvalue weighted by atomic mass is 10.1. The van der Waals surface area contributed by atoms with Gasteiger partial charge in [0.25, 0.3) is 0 Å². The molecule has 2 aromatic carbocycles. The second kappa shape index (κ2) is 8.57. The molecule has 0 amide bonds. The molecule has 0 aromatic heterocycles. The van der Waals surface area contributed by atoms with Crippen LogP contribution in [0.1, 0.15) is 24.2 Å². The first-order chi connectivity index (χ1) is 14.9. The van der Waals surface area contributed by atoms with E-state index in [4.69, 9.17) is 9.36 Å². The van der Waals surface area contributed by atoms with Crippen molar-refractivity contribution in [3.63, 3.8) is 0 Å². The summed E-state index contributed by atoms with van der Waals surface area (Å²) >= 11 is 0. The quantitative estimate of drug-likeness (QED) is 0.190. The number of nitro groups is 1. The molecule has 2 aliphatic heterocycles. The van der Waals surface area contributed by atoms with Crippen LogP contribution < -0.4 is 4.84 Å². The van der Waals surface area contributed by atoms with Gasteiger partial charge in [0.1, 0.15) is 6.07 Å². The van der Waals surface area contributed by atoms with Crippen molar-refractivity contribution in [1.29, 1.82) is 5.26 Å². The summed E-state index contributed by atoms with van der Waals surface area (Å²) in [6.07, 6.45) is -0.594. The molecule has 1 atom stereocenters. The third-order valence-electron chi connectivity index (χ3n) is 4.90. The summed E-state index contributed by atoms with van der Waals surface area (Å²) in [4.78, 5) is 16.2. The summed E-state index contributed by atoms with van der Waals surface area (Å²) < 4.78 is 22.8. The SMILES string of the molecule is CC(OP(=O)(N1CC1)N1CC1)c1ccc([N+](=O)[O-])c(O/N=C(\C#N)c2ccccc2)c1. The highest BCUT2D eigenvalue weighted by atomic mass is 31.2. The van der Waals surface area contributed by atoms with Gasteiger partial charge in [0, 0.05) is 37.8 Å². The molecule has 0 bridgehead atoms. The summed E-state index contributed by atoms with van der Waals surface area (Å²) in [5, 5.41) is 24.6. The lowest BCUT2D eigenvalue weighted by Crippen LogP contribution is -2.10. The van der Waals surface area contributed by atoms with Crippen molar-refractivity contribution in [2.75, 3.05) is 26.2 Å². The Morgan fingerprint density at radius 3 is 2.39 bits per heavy atom. The zero-order valence-corrected chi connectivity index (χ0v) is 17.6. The minimum Gasteiger partial charge on any atom is -0.348 e. The molecule has 10 nitrogen and oxygen atoms in total. The number of benzene rings is 2. The summed E-state index contributed by atoms with van der Waals surface area (Å²) in [5.74, 6) is -0.130. The van der Waals surface area contributed by atoms with E-state index >= 15 is 0 Å². The predicted molar refractivity (Wildman–Crippen MR) is 113 cm³/mol. The van der Waals surface area contributed by atoms with E-state index in [9.17, 15) is 19.9 Å². The Morgan fingerprint density at radius 2 is 1.84 bits per heavy atom. The second-order valence-corrected chi connectivity index (χ2v) is 9.46. The Morgan fingerprint density at radius 1 is 1.19 bits per heavy atom. The van der Waals surface area contributed by atoms with Crippen LogP contribution in [-0.2, 0) is 9.09 Å². The van der Waals surface area contributed by atoms with Crippen molar-refractivity contribution in [3.05, 3.63) is 69.8 Å². The van der Waals surface area contributed by atoms with E-state index in [0.29, 0.717) is 11.1 Å². The molecular formula is C20H20N5O5P. The fourth-order valence-corrected chi connectivity index (χ4v) is 5.36. The number of nitrogens with zero attached hydrogens (tertiary/aromatic N) is 5. The number of nitro benzene ring substituents is 1. The van der Waals surface area contributed by atoms with E-state index in [1.165, 1.54) is 18.2 Å². The maximum absolute atomic E-state index is 13.2. The van der Waals surface area contributed by atoms with Crippen LogP contribution in [-0.4, -0.2) is 46.2 Å². The number of oxime groups is 1. The van der Waals surface area contributed by atoms with Gasteiger partial charge in [-0.3, -0.25) is 19.2 Å². The molecule has 0 aliphatic carbocycles. The highest BCUT2D eigenvalue weighted by Crippen LogP contribution is 2.63. The molecule has 11 heteroatoms. The summed E-state index contributed by atoms with van der Waals surface area (Å²) in [5.41, 5.74) is 0.763. The van der Waals surface area contributed by atoms with E-state index in [2.05, 4.69) is 5.16 Å². The van der Waals surface area contributed by atoms with E-state index < -0.39 is 18.7 Å². The number of nitriles is 1. The van der Waals surface area contributed by atoms with E-state index in [1.807, 2.05) is 6.07 Å². The standard InChI is InChI=1S/C20H20N5O5P/c1-15(30-31(28,23-9-10-23)24-11-12-24)17-7-8-19(25(26)27)20(13-17)29-22-18(14-21)16-5-3-2-4-6-16/h2-8,13,15H,9-12H2,1H3/b22-18+. The fourth-order valence-electron chi connectivity index (χ4n) is 3.01. The lowest BCUT2D eigenvalue weighted by molar-refractivity contribution is -0.385.